The number of amides is 3. The highest BCUT2D eigenvalue weighted by molar-refractivity contribution is 6.09. The van der Waals surface area contributed by atoms with Gasteiger partial charge in [0, 0.05) is 33.3 Å². The first-order chi connectivity index (χ1) is 21.9. The molecule has 5 rings (SSSR count). The van der Waals surface area contributed by atoms with Crippen LogP contribution in [0.1, 0.15) is 67.6 Å². The summed E-state index contributed by atoms with van der Waals surface area (Å²) < 4.78 is 48.3. The molecule has 3 amide bonds. The summed E-state index contributed by atoms with van der Waals surface area (Å²) >= 11 is 0. The molecule has 1 aromatic carbocycles. The van der Waals surface area contributed by atoms with Gasteiger partial charge in [0.05, 0.1) is 48.0 Å². The van der Waals surface area contributed by atoms with Gasteiger partial charge in [0.1, 0.15) is 23.3 Å². The van der Waals surface area contributed by atoms with Crippen LogP contribution in [0.3, 0.4) is 0 Å². The fourth-order valence-electron chi connectivity index (χ4n) is 6.17. The zero-order valence-corrected chi connectivity index (χ0v) is 27.9. The minimum Gasteiger partial charge on any atom is -0.444 e. The number of aryl methyl sites for hydroxylation is 2. The molecule has 0 radical (unpaired) electrons. The average Bonchev–Trinajstić information content (AvgIpc) is 3.64. The van der Waals surface area contributed by atoms with Gasteiger partial charge in [-0.05, 0) is 64.8 Å². The Balaban J connectivity index is 1.37. The number of hydrogen-bond donors (Lipinski definition) is 0. The highest BCUT2D eigenvalue weighted by Gasteiger charge is 2.41. The van der Waals surface area contributed by atoms with Gasteiger partial charge in [-0.25, -0.2) is 14.8 Å². The Bertz CT molecular complexity index is 1730. The fourth-order valence-corrected chi connectivity index (χ4v) is 6.17. The first-order valence-electron chi connectivity index (χ1n) is 15.3. The molecule has 3 aromatic rings. The molecule has 4 heterocycles. The van der Waals surface area contributed by atoms with Crippen LogP contribution < -0.4 is 14.7 Å². The van der Waals surface area contributed by atoms with Gasteiger partial charge < -0.3 is 19.1 Å². The number of hydrogen-bond acceptors (Lipinski definition) is 7. The second-order valence-electron chi connectivity index (χ2n) is 13.2. The van der Waals surface area contributed by atoms with E-state index in [2.05, 4.69) is 4.98 Å². The van der Waals surface area contributed by atoms with E-state index in [1.165, 1.54) is 11.8 Å². The number of carbonyl (C=O) groups excluding carboxylic acids is 3. The van der Waals surface area contributed by atoms with Crippen LogP contribution in [0.2, 0.25) is 0 Å². The SMILES string of the molecule is Cc1cc(C(F)(F)F)cc(N2C(=O)CC[C@H]2C(=O)N(C)c2cccc(C)c2N(C)Cc2nc3c(n2C)CN(C(=O)OC(C)(C)C)C3)n1. The van der Waals surface area contributed by atoms with E-state index in [0.29, 0.717) is 25.3 Å². The lowest BCUT2D eigenvalue weighted by Crippen LogP contribution is -2.46. The molecular weight excluding hydrogens is 615 g/mol. The summed E-state index contributed by atoms with van der Waals surface area (Å²) in [4.78, 5) is 54.7. The number of halogens is 3. The number of pyridine rings is 1. The van der Waals surface area contributed by atoms with Crippen molar-refractivity contribution in [3.63, 3.8) is 0 Å². The number of alkyl halides is 3. The van der Waals surface area contributed by atoms with Crippen LogP contribution >= 0.6 is 0 Å². The smallest absolute Gasteiger partial charge is 0.416 e. The predicted molar refractivity (Wildman–Crippen MR) is 170 cm³/mol. The van der Waals surface area contributed by atoms with Gasteiger partial charge in [0.15, 0.2) is 0 Å². The molecule has 2 aromatic heterocycles. The van der Waals surface area contributed by atoms with E-state index in [9.17, 15) is 27.6 Å². The Labute approximate surface area is 271 Å². The van der Waals surface area contributed by atoms with Gasteiger partial charge in [-0.3, -0.25) is 19.4 Å². The van der Waals surface area contributed by atoms with Crippen molar-refractivity contribution in [3.8, 4) is 0 Å². The maximum absolute atomic E-state index is 14.0. The third-order valence-electron chi connectivity index (χ3n) is 8.40. The van der Waals surface area contributed by atoms with Crippen LogP contribution in [0.25, 0.3) is 0 Å². The van der Waals surface area contributed by atoms with Crippen LogP contribution in [-0.2, 0) is 47.2 Å². The van der Waals surface area contributed by atoms with E-state index in [0.717, 1.165) is 45.5 Å². The summed E-state index contributed by atoms with van der Waals surface area (Å²) in [6.07, 6.45) is -4.87. The lowest BCUT2D eigenvalue weighted by molar-refractivity contribution is -0.137. The molecule has 0 saturated carbocycles. The minimum absolute atomic E-state index is 0.0109. The van der Waals surface area contributed by atoms with E-state index in [1.54, 1.807) is 18.0 Å². The largest absolute Gasteiger partial charge is 0.444 e. The molecule has 0 unspecified atom stereocenters. The lowest BCUT2D eigenvalue weighted by Gasteiger charge is -2.32. The first-order valence-corrected chi connectivity index (χ1v) is 15.3. The summed E-state index contributed by atoms with van der Waals surface area (Å²) in [6, 6.07) is 6.25. The second kappa shape index (κ2) is 12.2. The number of benzene rings is 1. The standard InChI is InChI=1S/C33H40F3N7O4/c1-19-10-9-11-23(29(19)39(6)18-27-38-22-16-42(17-25(22)40(27)7)31(46)47-32(3,4)5)41(8)30(45)24-12-13-28(44)43(24)26-15-21(33(34,35)36)14-20(2)37-26/h9-11,14-15,24H,12-13,16-18H2,1-8H3/t24-/m0/s1. The second-order valence-corrected chi connectivity index (χ2v) is 13.2. The van der Waals surface area contributed by atoms with Crippen molar-refractivity contribution in [2.45, 2.75) is 84.9 Å². The van der Waals surface area contributed by atoms with Crippen molar-refractivity contribution >= 4 is 35.1 Å². The maximum Gasteiger partial charge on any atom is 0.416 e. The maximum atomic E-state index is 14.0. The molecule has 2 aliphatic rings. The van der Waals surface area contributed by atoms with Gasteiger partial charge >= 0.3 is 12.3 Å². The average molecular weight is 656 g/mol. The quantitative estimate of drug-likeness (QED) is 0.346. The summed E-state index contributed by atoms with van der Waals surface area (Å²) in [5, 5.41) is 0. The van der Waals surface area contributed by atoms with Gasteiger partial charge in [-0.1, -0.05) is 12.1 Å². The van der Waals surface area contributed by atoms with E-state index < -0.39 is 41.3 Å². The molecule has 0 aliphatic carbocycles. The zero-order valence-electron chi connectivity index (χ0n) is 27.9. The van der Waals surface area contributed by atoms with E-state index in [4.69, 9.17) is 9.72 Å². The molecule has 1 fully saturated rings. The minimum atomic E-state index is -4.63. The van der Waals surface area contributed by atoms with E-state index in [-0.39, 0.29) is 24.4 Å². The molecule has 0 spiro atoms. The molecule has 0 bridgehead atoms. The Hall–Kier alpha value is -4.62. The number of rotatable bonds is 6. The number of likely N-dealkylation sites (N-methyl/N-ethyl adjacent to an activating group) is 1. The number of nitrogens with zero attached hydrogens (tertiary/aromatic N) is 7. The number of para-hydroxylation sites is 1. The normalized spacial score (nSPS) is 16.5. The zero-order chi connectivity index (χ0) is 34.6. The summed E-state index contributed by atoms with van der Waals surface area (Å²) in [5.41, 5.74) is 2.48. The molecule has 47 heavy (non-hydrogen) atoms. The number of imidazole rings is 1. The highest BCUT2D eigenvalue weighted by Crippen LogP contribution is 2.37. The van der Waals surface area contributed by atoms with Crippen LogP contribution in [-0.4, -0.2) is 63.1 Å². The number of fused-ring (bicyclic) bond motifs is 1. The first kappa shape index (κ1) is 33.7. The lowest BCUT2D eigenvalue weighted by atomic mass is 10.1. The van der Waals surface area contributed by atoms with Crippen LogP contribution in [0.4, 0.5) is 35.2 Å². The van der Waals surface area contributed by atoms with Crippen molar-refractivity contribution in [2.75, 3.05) is 28.8 Å². The summed E-state index contributed by atoms with van der Waals surface area (Å²) in [7, 11) is 5.38. The number of ether oxygens (including phenoxy) is 1. The van der Waals surface area contributed by atoms with Crippen molar-refractivity contribution < 1.29 is 32.3 Å². The molecule has 14 heteroatoms. The molecular formula is C33H40F3N7O4. The third-order valence-corrected chi connectivity index (χ3v) is 8.40. The molecule has 2 aliphatic heterocycles. The predicted octanol–water partition coefficient (Wildman–Crippen LogP) is 5.50. The Morgan fingerprint density at radius 3 is 2.40 bits per heavy atom. The molecule has 1 saturated heterocycles. The van der Waals surface area contributed by atoms with Gasteiger partial charge in [0.2, 0.25) is 11.8 Å². The van der Waals surface area contributed by atoms with Gasteiger partial charge in [0.25, 0.3) is 0 Å². The van der Waals surface area contributed by atoms with Crippen molar-refractivity contribution in [1.82, 2.24) is 19.4 Å². The van der Waals surface area contributed by atoms with Crippen LogP contribution in [0, 0.1) is 13.8 Å². The number of anilines is 3. The van der Waals surface area contributed by atoms with Crippen LogP contribution in [0.5, 0.6) is 0 Å². The Morgan fingerprint density at radius 1 is 1.06 bits per heavy atom. The van der Waals surface area contributed by atoms with Crippen LogP contribution in [0.15, 0.2) is 30.3 Å². The molecule has 0 N–H and O–H groups in total. The van der Waals surface area contributed by atoms with Crippen molar-refractivity contribution in [1.29, 1.82) is 0 Å². The molecule has 252 valence electrons. The van der Waals surface area contributed by atoms with E-state index >= 15 is 0 Å². The Morgan fingerprint density at radius 2 is 1.77 bits per heavy atom. The third kappa shape index (κ3) is 6.77. The van der Waals surface area contributed by atoms with Gasteiger partial charge in [-0.2, -0.15) is 13.2 Å². The number of carbonyl (C=O) groups is 3. The monoisotopic (exact) mass is 655 g/mol. The Kier molecular flexibility index (Phi) is 8.75. The number of aromatic nitrogens is 3. The van der Waals surface area contributed by atoms with Crippen molar-refractivity contribution in [3.05, 3.63) is 64.4 Å². The molecule has 11 nitrogen and oxygen atoms in total. The van der Waals surface area contributed by atoms with Gasteiger partial charge in [-0.15, -0.1) is 0 Å². The summed E-state index contributed by atoms with van der Waals surface area (Å²) in [6.45, 7) is 9.91. The van der Waals surface area contributed by atoms with E-state index in [1.807, 2.05) is 63.4 Å². The highest BCUT2D eigenvalue weighted by atomic mass is 19.4. The summed E-state index contributed by atoms with van der Waals surface area (Å²) in [5.74, 6) is -0.326. The molecule has 1 atom stereocenters. The topological polar surface area (TPSA) is 104 Å². The fraction of sp³-hybridized carbons (Fsp3) is 0.485. The van der Waals surface area contributed by atoms with Crippen molar-refractivity contribution in [2.24, 2.45) is 7.05 Å².